The highest BCUT2D eigenvalue weighted by molar-refractivity contribution is 5.96. The van der Waals surface area contributed by atoms with Gasteiger partial charge in [0.25, 0.3) is 0 Å². The normalized spacial score (nSPS) is 13.1. The van der Waals surface area contributed by atoms with Gasteiger partial charge in [0.05, 0.1) is 6.54 Å². The molecule has 0 amide bonds. The minimum atomic E-state index is -0.271. The molecule has 0 spiro atoms. The monoisotopic (exact) mass is 452 g/mol. The Bertz CT molecular complexity index is 994. The number of carbonyl (C=O) groups excluding carboxylic acids is 1. The zero-order valence-electron chi connectivity index (χ0n) is 22.2. The highest BCUT2D eigenvalue weighted by Crippen LogP contribution is 2.39. The molecule has 1 aromatic carbocycles. The summed E-state index contributed by atoms with van der Waals surface area (Å²) in [5.41, 5.74) is 3.78. The second-order valence-corrected chi connectivity index (χ2v) is 11.3. The fourth-order valence-electron chi connectivity index (χ4n) is 4.43. The van der Waals surface area contributed by atoms with Crippen molar-refractivity contribution in [3.63, 3.8) is 0 Å². The number of nitrogens with zero attached hydrogens (tertiary/aromatic N) is 2. The molecule has 4 heteroatoms. The van der Waals surface area contributed by atoms with E-state index in [4.69, 9.17) is 0 Å². The molecule has 0 aliphatic heterocycles. The van der Waals surface area contributed by atoms with Gasteiger partial charge in [-0.3, -0.25) is 9.79 Å². The van der Waals surface area contributed by atoms with Crippen LogP contribution in [-0.2, 0) is 23.8 Å². The van der Waals surface area contributed by atoms with Crippen molar-refractivity contribution >= 4 is 5.78 Å². The van der Waals surface area contributed by atoms with Crippen molar-refractivity contribution in [1.29, 1.82) is 0 Å². The summed E-state index contributed by atoms with van der Waals surface area (Å²) in [7, 11) is 1.80. The van der Waals surface area contributed by atoms with E-state index in [9.17, 15) is 9.90 Å². The second kappa shape index (κ2) is 10.7. The quantitative estimate of drug-likeness (QED) is 0.460. The molecule has 2 aromatic rings. The molecule has 4 nitrogen and oxygen atoms in total. The first-order valence-corrected chi connectivity index (χ1v) is 12.4. The van der Waals surface area contributed by atoms with Gasteiger partial charge < -0.3 is 9.67 Å². The Morgan fingerprint density at radius 1 is 1.03 bits per heavy atom. The largest absolute Gasteiger partial charge is 0.507 e. The van der Waals surface area contributed by atoms with Gasteiger partial charge in [-0.25, -0.2) is 0 Å². The number of hydrogen-bond donors (Lipinski definition) is 1. The van der Waals surface area contributed by atoms with Gasteiger partial charge in [0.15, 0.2) is 5.78 Å². The average Bonchev–Trinajstić information content (AvgIpc) is 2.73. The van der Waals surface area contributed by atoms with E-state index in [1.807, 2.05) is 29.0 Å². The fraction of sp³-hybridized carbons (Fsp3) is 0.586. The molecule has 182 valence electrons. The van der Waals surface area contributed by atoms with Crippen molar-refractivity contribution < 1.29 is 9.90 Å². The number of hydrogen-bond acceptors (Lipinski definition) is 3. The second-order valence-electron chi connectivity index (χ2n) is 11.3. The molecule has 0 saturated carbocycles. The van der Waals surface area contributed by atoms with E-state index >= 15 is 0 Å². The summed E-state index contributed by atoms with van der Waals surface area (Å²) >= 11 is 0. The van der Waals surface area contributed by atoms with E-state index in [0.29, 0.717) is 17.2 Å². The molecule has 1 N–H and O–H groups in total. The van der Waals surface area contributed by atoms with Crippen LogP contribution < -0.4 is 5.49 Å². The molecule has 0 saturated heterocycles. The Hall–Kier alpha value is -2.36. The van der Waals surface area contributed by atoms with Crippen LogP contribution in [0.5, 0.6) is 5.75 Å². The van der Waals surface area contributed by atoms with Gasteiger partial charge in [0, 0.05) is 29.9 Å². The Morgan fingerprint density at radius 3 is 2.03 bits per heavy atom. The maximum absolute atomic E-state index is 13.5. The third kappa shape index (κ3) is 6.59. The lowest BCUT2D eigenvalue weighted by Gasteiger charge is -2.28. The lowest BCUT2D eigenvalue weighted by atomic mass is 9.78. The standard InChI is InChI=1S/C29H44N2O2/c1-10-20(11-2)14-15-21-13-12-16-31(27(21)30-9)19-25(32)22-17-23(28(3,4)5)26(33)24(18-22)29(6,7)8/h12-13,16-18,20,33H,10-11,14-15,19H2,1-9H3. The van der Waals surface area contributed by atoms with Crippen LogP contribution in [-0.4, -0.2) is 22.5 Å². The summed E-state index contributed by atoms with van der Waals surface area (Å²) in [5.74, 6) is 1.04. The maximum Gasteiger partial charge on any atom is 0.182 e. The Labute approximate surface area is 200 Å². The zero-order chi connectivity index (χ0) is 25.0. The number of pyridine rings is 1. The molecule has 2 rings (SSSR count). The molecule has 1 aromatic heterocycles. The van der Waals surface area contributed by atoms with Gasteiger partial charge in [0.2, 0.25) is 0 Å². The summed E-state index contributed by atoms with van der Waals surface area (Å²) < 4.78 is 1.96. The van der Waals surface area contributed by atoms with Crippen LogP contribution in [0.25, 0.3) is 0 Å². The number of benzene rings is 1. The number of aromatic hydroxyl groups is 1. The number of phenolic OH excluding ortho intramolecular Hbond substituents is 1. The van der Waals surface area contributed by atoms with E-state index in [2.05, 4.69) is 66.4 Å². The van der Waals surface area contributed by atoms with E-state index < -0.39 is 0 Å². The Balaban J connectivity index is 2.46. The van der Waals surface area contributed by atoms with E-state index in [1.165, 1.54) is 18.4 Å². The lowest BCUT2D eigenvalue weighted by Crippen LogP contribution is -2.28. The summed E-state index contributed by atoms with van der Waals surface area (Å²) in [6.45, 7) is 17.1. The number of Topliss-reactive ketones (excluding diaryl/α,β-unsaturated/α-hetero) is 1. The molecular weight excluding hydrogens is 408 g/mol. The van der Waals surface area contributed by atoms with Crippen LogP contribution in [0.3, 0.4) is 0 Å². The van der Waals surface area contributed by atoms with Gasteiger partial charge in [-0.2, -0.15) is 0 Å². The number of carbonyl (C=O) groups is 1. The van der Waals surface area contributed by atoms with Gasteiger partial charge in [-0.05, 0) is 53.4 Å². The predicted octanol–water partition coefficient (Wildman–Crippen LogP) is 6.57. The number of aromatic nitrogens is 1. The summed E-state index contributed by atoms with van der Waals surface area (Å²) in [4.78, 5) is 18.0. The molecule has 1 heterocycles. The number of aryl methyl sites for hydroxylation is 1. The van der Waals surface area contributed by atoms with Crippen LogP contribution in [0.2, 0.25) is 0 Å². The molecule has 33 heavy (non-hydrogen) atoms. The molecule has 0 bridgehead atoms. The zero-order valence-corrected chi connectivity index (χ0v) is 22.2. The summed E-state index contributed by atoms with van der Waals surface area (Å²) in [5, 5.41) is 11.0. The molecular formula is C29H44N2O2. The van der Waals surface area contributed by atoms with Crippen LogP contribution in [0.15, 0.2) is 35.5 Å². The van der Waals surface area contributed by atoms with Gasteiger partial charge in [-0.15, -0.1) is 0 Å². The van der Waals surface area contributed by atoms with Crippen LogP contribution >= 0.6 is 0 Å². The van der Waals surface area contributed by atoms with Crippen molar-refractivity contribution in [2.24, 2.45) is 10.9 Å². The average molecular weight is 453 g/mol. The van der Waals surface area contributed by atoms with Crippen molar-refractivity contribution in [3.8, 4) is 5.75 Å². The van der Waals surface area contributed by atoms with Crippen molar-refractivity contribution in [2.45, 2.75) is 98.4 Å². The first-order valence-electron chi connectivity index (χ1n) is 12.4. The van der Waals surface area contributed by atoms with Gasteiger partial charge >= 0.3 is 0 Å². The van der Waals surface area contributed by atoms with Crippen molar-refractivity contribution in [2.75, 3.05) is 7.05 Å². The number of rotatable bonds is 8. The molecule has 0 unspecified atom stereocenters. The molecule has 0 aliphatic carbocycles. The molecule has 0 radical (unpaired) electrons. The third-order valence-corrected chi connectivity index (χ3v) is 6.67. The van der Waals surface area contributed by atoms with Crippen LogP contribution in [0, 0.1) is 5.92 Å². The Kier molecular flexibility index (Phi) is 8.73. The first-order chi connectivity index (χ1) is 15.3. The van der Waals surface area contributed by atoms with E-state index in [1.54, 1.807) is 7.05 Å². The highest BCUT2D eigenvalue weighted by Gasteiger charge is 2.27. The van der Waals surface area contributed by atoms with Gasteiger partial charge in [0.1, 0.15) is 11.2 Å². The smallest absolute Gasteiger partial charge is 0.182 e. The predicted molar refractivity (Wildman–Crippen MR) is 138 cm³/mol. The molecule has 0 fully saturated rings. The van der Waals surface area contributed by atoms with E-state index in [-0.39, 0.29) is 23.2 Å². The third-order valence-electron chi connectivity index (χ3n) is 6.67. The SMILES string of the molecule is CCC(CC)CCc1cccn(CC(=O)c2cc(C(C)(C)C)c(O)c(C(C)(C)C)c2)c1=NC. The topological polar surface area (TPSA) is 54.6 Å². The van der Waals surface area contributed by atoms with Crippen LogP contribution in [0.4, 0.5) is 0 Å². The fourth-order valence-corrected chi connectivity index (χ4v) is 4.43. The van der Waals surface area contributed by atoms with Crippen molar-refractivity contribution in [3.05, 3.63) is 58.2 Å². The first kappa shape index (κ1) is 26.9. The van der Waals surface area contributed by atoms with Crippen LogP contribution in [0.1, 0.15) is 102 Å². The Morgan fingerprint density at radius 2 is 1.58 bits per heavy atom. The number of ketones is 1. The van der Waals surface area contributed by atoms with Gasteiger partial charge in [-0.1, -0.05) is 74.3 Å². The minimum absolute atomic E-state index is 0.0260. The highest BCUT2D eigenvalue weighted by atomic mass is 16.3. The number of phenols is 1. The summed E-state index contributed by atoms with van der Waals surface area (Å²) in [6, 6.07) is 7.88. The molecule has 0 aliphatic rings. The van der Waals surface area contributed by atoms with E-state index in [0.717, 1.165) is 29.5 Å². The van der Waals surface area contributed by atoms with Crippen molar-refractivity contribution in [1.82, 2.24) is 4.57 Å². The maximum atomic E-state index is 13.5. The minimum Gasteiger partial charge on any atom is -0.507 e. The molecule has 0 atom stereocenters. The summed E-state index contributed by atoms with van der Waals surface area (Å²) in [6.07, 6.45) is 6.42. The lowest BCUT2D eigenvalue weighted by molar-refractivity contribution is 0.0970.